The first-order valence-corrected chi connectivity index (χ1v) is 8.63. The van der Waals surface area contributed by atoms with Crippen molar-refractivity contribution in [2.75, 3.05) is 11.1 Å². The molecular formula is C18H15Cl2N5O2. The quantitative estimate of drug-likeness (QED) is 0.615. The van der Waals surface area contributed by atoms with E-state index in [9.17, 15) is 4.79 Å². The van der Waals surface area contributed by atoms with Crippen molar-refractivity contribution in [3.8, 4) is 0 Å². The lowest BCUT2D eigenvalue weighted by molar-refractivity contribution is 0.0462. The number of hydrogen-bond donors (Lipinski definition) is 2. The van der Waals surface area contributed by atoms with Crippen LogP contribution in [0.5, 0.6) is 0 Å². The molecule has 0 radical (unpaired) electrons. The van der Waals surface area contributed by atoms with Crippen molar-refractivity contribution in [2.45, 2.75) is 13.5 Å². The average molecular weight is 404 g/mol. The molecule has 1 aromatic heterocycles. The summed E-state index contributed by atoms with van der Waals surface area (Å²) in [5, 5.41) is 3.68. The van der Waals surface area contributed by atoms with Crippen LogP contribution < -0.4 is 11.1 Å². The minimum absolute atomic E-state index is 0.00733. The number of esters is 1. The summed E-state index contributed by atoms with van der Waals surface area (Å²) in [6.07, 6.45) is 0. The number of para-hydroxylation sites is 1. The summed E-state index contributed by atoms with van der Waals surface area (Å²) in [5.41, 5.74) is 7.73. The van der Waals surface area contributed by atoms with Crippen LogP contribution in [0.3, 0.4) is 0 Å². The molecule has 0 aliphatic rings. The Bertz CT molecular complexity index is 997. The van der Waals surface area contributed by atoms with Gasteiger partial charge in [0, 0.05) is 10.7 Å². The molecule has 3 N–H and O–H groups in total. The maximum Gasteiger partial charge on any atom is 0.340 e. The van der Waals surface area contributed by atoms with E-state index in [2.05, 4.69) is 20.3 Å². The van der Waals surface area contributed by atoms with Gasteiger partial charge in [0.1, 0.15) is 0 Å². The summed E-state index contributed by atoms with van der Waals surface area (Å²) in [6.45, 7) is 1.75. The van der Waals surface area contributed by atoms with Crippen LogP contribution in [0.15, 0.2) is 42.5 Å². The minimum Gasteiger partial charge on any atom is -0.454 e. The number of aromatic nitrogens is 3. The van der Waals surface area contributed by atoms with E-state index in [1.165, 1.54) is 12.1 Å². The Balaban J connectivity index is 1.74. The number of carbonyl (C=O) groups is 1. The number of aryl methyl sites for hydroxylation is 1. The van der Waals surface area contributed by atoms with Crippen molar-refractivity contribution < 1.29 is 9.53 Å². The monoisotopic (exact) mass is 403 g/mol. The molecule has 0 saturated carbocycles. The summed E-state index contributed by atoms with van der Waals surface area (Å²) in [5.74, 6) is -0.184. The third-order valence-corrected chi connectivity index (χ3v) is 4.14. The number of nitrogen functional groups attached to an aromatic ring is 1. The summed E-state index contributed by atoms with van der Waals surface area (Å²) < 4.78 is 5.22. The molecule has 0 atom stereocenters. The summed E-state index contributed by atoms with van der Waals surface area (Å²) in [7, 11) is 0. The standard InChI is InChI=1S/C18H15Cl2N5O2/c1-10-4-2-3-5-14(10)22-18-24-15(23-17(21)25-18)9-27-16(26)12-8-11(19)6-7-13(12)20/h2-8H,9H2,1H3,(H3,21,22,23,24,25). The second kappa shape index (κ2) is 8.20. The lowest BCUT2D eigenvalue weighted by Crippen LogP contribution is -2.11. The first kappa shape index (κ1) is 18.9. The van der Waals surface area contributed by atoms with Gasteiger partial charge < -0.3 is 15.8 Å². The van der Waals surface area contributed by atoms with Crippen LogP contribution in [0.2, 0.25) is 10.0 Å². The van der Waals surface area contributed by atoms with Gasteiger partial charge in [0.25, 0.3) is 0 Å². The lowest BCUT2D eigenvalue weighted by atomic mass is 10.2. The third kappa shape index (κ3) is 4.84. The number of carbonyl (C=O) groups excluding carboxylic acids is 1. The van der Waals surface area contributed by atoms with Gasteiger partial charge in [-0.3, -0.25) is 0 Å². The van der Waals surface area contributed by atoms with Crippen molar-refractivity contribution in [3.63, 3.8) is 0 Å². The van der Waals surface area contributed by atoms with Gasteiger partial charge in [-0.1, -0.05) is 41.4 Å². The van der Waals surface area contributed by atoms with Gasteiger partial charge in [-0.15, -0.1) is 0 Å². The zero-order valence-electron chi connectivity index (χ0n) is 14.2. The number of rotatable bonds is 5. The molecule has 0 bridgehead atoms. The van der Waals surface area contributed by atoms with Crippen molar-refractivity contribution in [1.82, 2.24) is 15.0 Å². The van der Waals surface area contributed by atoms with E-state index in [1.807, 2.05) is 31.2 Å². The Labute approximate surface area is 165 Å². The molecule has 7 nitrogen and oxygen atoms in total. The van der Waals surface area contributed by atoms with Crippen LogP contribution in [0.1, 0.15) is 21.7 Å². The summed E-state index contributed by atoms with van der Waals surface area (Å²) in [6, 6.07) is 12.2. The van der Waals surface area contributed by atoms with Gasteiger partial charge in [-0.25, -0.2) is 4.79 Å². The first-order valence-electron chi connectivity index (χ1n) is 7.87. The maximum absolute atomic E-state index is 12.2. The number of nitrogens with two attached hydrogens (primary N) is 1. The van der Waals surface area contributed by atoms with Crippen molar-refractivity contribution >= 4 is 46.8 Å². The maximum atomic E-state index is 12.2. The fourth-order valence-corrected chi connectivity index (χ4v) is 2.62. The second-order valence-corrected chi connectivity index (χ2v) is 6.42. The zero-order valence-corrected chi connectivity index (χ0v) is 15.8. The summed E-state index contributed by atoms with van der Waals surface area (Å²) in [4.78, 5) is 24.5. The van der Waals surface area contributed by atoms with Gasteiger partial charge in [-0.05, 0) is 36.8 Å². The van der Waals surface area contributed by atoms with Crippen LogP contribution >= 0.6 is 23.2 Å². The number of nitrogens with one attached hydrogen (secondary N) is 1. The zero-order chi connectivity index (χ0) is 19.4. The number of anilines is 3. The van der Waals surface area contributed by atoms with Crippen LogP contribution in [0.4, 0.5) is 17.6 Å². The predicted molar refractivity (Wildman–Crippen MR) is 104 cm³/mol. The fourth-order valence-electron chi connectivity index (χ4n) is 2.25. The van der Waals surface area contributed by atoms with E-state index >= 15 is 0 Å². The molecule has 27 heavy (non-hydrogen) atoms. The Morgan fingerprint density at radius 2 is 1.93 bits per heavy atom. The molecule has 2 aromatic carbocycles. The van der Waals surface area contributed by atoms with Gasteiger partial charge in [-0.2, -0.15) is 15.0 Å². The van der Waals surface area contributed by atoms with Crippen molar-refractivity contribution in [3.05, 3.63) is 69.5 Å². The molecule has 0 unspecified atom stereocenters. The highest BCUT2D eigenvalue weighted by molar-refractivity contribution is 6.35. The van der Waals surface area contributed by atoms with E-state index in [4.69, 9.17) is 33.7 Å². The van der Waals surface area contributed by atoms with Crippen molar-refractivity contribution in [1.29, 1.82) is 0 Å². The van der Waals surface area contributed by atoms with Crippen molar-refractivity contribution in [2.24, 2.45) is 0 Å². The highest BCUT2D eigenvalue weighted by Gasteiger charge is 2.14. The largest absolute Gasteiger partial charge is 0.454 e. The minimum atomic E-state index is -0.644. The van der Waals surface area contributed by atoms with Gasteiger partial charge >= 0.3 is 5.97 Å². The molecule has 1 heterocycles. The van der Waals surface area contributed by atoms with Gasteiger partial charge in [0.05, 0.1) is 10.6 Å². The highest BCUT2D eigenvalue weighted by atomic mass is 35.5. The molecule has 0 spiro atoms. The molecule has 0 aliphatic carbocycles. The van der Waals surface area contributed by atoms with Crippen LogP contribution in [0, 0.1) is 6.92 Å². The number of hydrogen-bond acceptors (Lipinski definition) is 7. The lowest BCUT2D eigenvalue weighted by Gasteiger charge is -2.10. The molecule has 3 aromatic rings. The topological polar surface area (TPSA) is 103 Å². The molecule has 3 rings (SSSR count). The normalized spacial score (nSPS) is 10.5. The molecule has 138 valence electrons. The number of benzene rings is 2. The molecule has 0 aliphatic heterocycles. The van der Waals surface area contributed by atoms with E-state index < -0.39 is 5.97 Å². The van der Waals surface area contributed by atoms with E-state index in [0.717, 1.165) is 11.3 Å². The Hall–Kier alpha value is -2.90. The van der Waals surface area contributed by atoms with Gasteiger partial charge in [0.15, 0.2) is 12.4 Å². The Kier molecular flexibility index (Phi) is 5.73. The molecule has 0 fully saturated rings. The molecule has 0 saturated heterocycles. The first-order chi connectivity index (χ1) is 12.9. The highest BCUT2D eigenvalue weighted by Crippen LogP contribution is 2.22. The van der Waals surface area contributed by atoms with Crippen LogP contribution in [-0.4, -0.2) is 20.9 Å². The van der Waals surface area contributed by atoms with Crippen LogP contribution in [-0.2, 0) is 11.3 Å². The summed E-state index contributed by atoms with van der Waals surface area (Å²) >= 11 is 11.9. The van der Waals surface area contributed by atoms with E-state index in [1.54, 1.807) is 6.07 Å². The molecule has 0 amide bonds. The number of nitrogens with zero attached hydrogens (tertiary/aromatic N) is 3. The average Bonchev–Trinajstić information content (AvgIpc) is 2.63. The fraction of sp³-hybridized carbons (Fsp3) is 0.111. The predicted octanol–water partition coefficient (Wildman–Crippen LogP) is 4.17. The molecule has 9 heteroatoms. The Morgan fingerprint density at radius 1 is 1.15 bits per heavy atom. The molecular weight excluding hydrogens is 389 g/mol. The SMILES string of the molecule is Cc1ccccc1Nc1nc(N)nc(COC(=O)c2cc(Cl)ccc2Cl)n1. The smallest absolute Gasteiger partial charge is 0.340 e. The third-order valence-electron chi connectivity index (χ3n) is 3.57. The van der Waals surface area contributed by atoms with Gasteiger partial charge in [0.2, 0.25) is 11.9 Å². The number of ether oxygens (including phenoxy) is 1. The number of halogens is 2. The van der Waals surface area contributed by atoms with E-state index in [0.29, 0.717) is 5.02 Å². The van der Waals surface area contributed by atoms with E-state index in [-0.39, 0.29) is 34.9 Å². The van der Waals surface area contributed by atoms with Crippen LogP contribution in [0.25, 0.3) is 0 Å². The second-order valence-electron chi connectivity index (χ2n) is 5.57. The Morgan fingerprint density at radius 3 is 2.70 bits per heavy atom.